The molecule has 0 fully saturated rings. The highest BCUT2D eigenvalue weighted by molar-refractivity contribution is 6.37. The van der Waals surface area contributed by atoms with E-state index in [1.807, 2.05) is 36.4 Å². The summed E-state index contributed by atoms with van der Waals surface area (Å²) in [7, 11) is 0. The van der Waals surface area contributed by atoms with Gasteiger partial charge in [0.15, 0.2) is 11.6 Å². The molecule has 0 unspecified atom stereocenters. The van der Waals surface area contributed by atoms with E-state index in [-0.39, 0.29) is 16.9 Å². The van der Waals surface area contributed by atoms with Crippen LogP contribution in [0.25, 0.3) is 0 Å². The predicted molar refractivity (Wildman–Crippen MR) is 103 cm³/mol. The number of ketones is 2. The molecule has 4 rings (SSSR count). The number of Topliss-reactive ketones (excluding diaryl/α,β-unsaturated/α-hetero) is 1. The maximum absolute atomic E-state index is 13.3. The number of rotatable bonds is 3. The van der Waals surface area contributed by atoms with Gasteiger partial charge in [0.2, 0.25) is 0 Å². The zero-order valence-electron chi connectivity index (χ0n) is 14.3. The van der Waals surface area contributed by atoms with Gasteiger partial charge in [0.25, 0.3) is 5.91 Å². The molecule has 0 saturated carbocycles. The molecule has 3 aromatic carbocycles. The van der Waals surface area contributed by atoms with Gasteiger partial charge in [-0.05, 0) is 24.3 Å². The first kappa shape index (κ1) is 16.7. The van der Waals surface area contributed by atoms with Gasteiger partial charge in [0, 0.05) is 28.6 Å². The monoisotopic (exact) mass is 353 g/mol. The fraction of sp³-hybridized carbons (Fsp3) is 0. The first-order valence-corrected chi connectivity index (χ1v) is 8.51. The Bertz CT molecular complexity index is 1030. The second-order valence-corrected chi connectivity index (χ2v) is 6.11. The average molecular weight is 353 g/mol. The van der Waals surface area contributed by atoms with Crippen LogP contribution < -0.4 is 4.90 Å². The molecule has 0 radical (unpaired) electrons. The van der Waals surface area contributed by atoms with Crippen molar-refractivity contribution in [1.82, 2.24) is 0 Å². The lowest BCUT2D eigenvalue weighted by atomic mass is 9.89. The van der Waals surface area contributed by atoms with Gasteiger partial charge in [-0.1, -0.05) is 60.7 Å². The second kappa shape index (κ2) is 6.84. The van der Waals surface area contributed by atoms with Gasteiger partial charge >= 0.3 is 0 Å². The Balaban J connectivity index is 1.82. The topological polar surface area (TPSA) is 54.5 Å². The summed E-state index contributed by atoms with van der Waals surface area (Å²) < 4.78 is 0. The molecule has 0 atom stereocenters. The van der Waals surface area contributed by atoms with Crippen molar-refractivity contribution in [2.24, 2.45) is 0 Å². The van der Waals surface area contributed by atoms with E-state index in [0.717, 1.165) is 6.08 Å². The molecule has 0 aliphatic heterocycles. The molecule has 3 aromatic rings. The van der Waals surface area contributed by atoms with E-state index in [1.165, 1.54) is 4.90 Å². The number of hydrogen-bond donors (Lipinski definition) is 0. The number of benzene rings is 3. The number of nitrogens with zero attached hydrogens (tertiary/aromatic N) is 1. The van der Waals surface area contributed by atoms with Crippen LogP contribution in [-0.4, -0.2) is 17.5 Å². The van der Waals surface area contributed by atoms with Gasteiger partial charge in [-0.2, -0.15) is 0 Å². The lowest BCUT2D eigenvalue weighted by molar-refractivity contribution is -0.114. The van der Waals surface area contributed by atoms with Crippen molar-refractivity contribution in [2.45, 2.75) is 0 Å². The fourth-order valence-corrected chi connectivity index (χ4v) is 3.13. The number of carbonyl (C=O) groups is 3. The van der Waals surface area contributed by atoms with Crippen LogP contribution in [0.4, 0.5) is 11.4 Å². The highest BCUT2D eigenvalue weighted by Crippen LogP contribution is 2.30. The SMILES string of the molecule is O=C1C=C(C(=O)N(c2ccccc2)c2ccccc2)C(=O)c2ccccc21. The van der Waals surface area contributed by atoms with Gasteiger partial charge in [0.05, 0.1) is 5.57 Å². The number of hydrogen-bond acceptors (Lipinski definition) is 3. The summed E-state index contributed by atoms with van der Waals surface area (Å²) in [4.78, 5) is 40.1. The van der Waals surface area contributed by atoms with Gasteiger partial charge in [-0.3, -0.25) is 19.3 Å². The molecule has 27 heavy (non-hydrogen) atoms. The molecule has 0 bridgehead atoms. The third-order valence-electron chi connectivity index (χ3n) is 4.42. The highest BCUT2D eigenvalue weighted by Gasteiger charge is 2.33. The van der Waals surface area contributed by atoms with Crippen molar-refractivity contribution in [1.29, 1.82) is 0 Å². The standard InChI is InChI=1S/C23H15NO3/c25-21-15-20(22(26)19-14-8-7-13-18(19)21)23(27)24(16-9-3-1-4-10-16)17-11-5-2-6-12-17/h1-15H. The van der Waals surface area contributed by atoms with Crippen molar-refractivity contribution < 1.29 is 14.4 Å². The second-order valence-electron chi connectivity index (χ2n) is 6.11. The molecule has 0 N–H and O–H groups in total. The van der Waals surface area contributed by atoms with Gasteiger partial charge < -0.3 is 0 Å². The van der Waals surface area contributed by atoms with Crippen LogP contribution in [0.1, 0.15) is 20.7 Å². The van der Waals surface area contributed by atoms with E-state index < -0.39 is 11.7 Å². The lowest BCUT2D eigenvalue weighted by Crippen LogP contribution is -2.33. The number of para-hydroxylation sites is 2. The van der Waals surface area contributed by atoms with Gasteiger partial charge in [0.1, 0.15) is 0 Å². The van der Waals surface area contributed by atoms with Crippen molar-refractivity contribution in [3.8, 4) is 0 Å². The third kappa shape index (κ3) is 2.98. The predicted octanol–water partition coefficient (Wildman–Crippen LogP) is 4.36. The van der Waals surface area contributed by atoms with Crippen molar-refractivity contribution in [3.05, 3.63) is 108 Å². The Hall–Kier alpha value is -3.79. The maximum Gasteiger partial charge on any atom is 0.266 e. The molecule has 4 nitrogen and oxygen atoms in total. The first-order valence-electron chi connectivity index (χ1n) is 8.51. The minimum Gasteiger partial charge on any atom is -0.289 e. The molecule has 4 heteroatoms. The minimum absolute atomic E-state index is 0.133. The van der Waals surface area contributed by atoms with E-state index in [0.29, 0.717) is 16.9 Å². The van der Waals surface area contributed by atoms with Gasteiger partial charge in [-0.25, -0.2) is 0 Å². The molecular formula is C23H15NO3. The quantitative estimate of drug-likeness (QED) is 0.658. The Labute approximate surface area is 156 Å². The van der Waals surface area contributed by atoms with Crippen LogP contribution >= 0.6 is 0 Å². The molecule has 0 saturated heterocycles. The summed E-state index contributed by atoms with van der Waals surface area (Å²) in [6, 6.07) is 24.7. The fourth-order valence-electron chi connectivity index (χ4n) is 3.13. The molecule has 0 aromatic heterocycles. The summed E-state index contributed by atoms with van der Waals surface area (Å²) in [6.45, 7) is 0. The molecule has 1 aliphatic rings. The number of anilines is 2. The normalized spacial score (nSPS) is 13.0. The van der Waals surface area contributed by atoms with E-state index >= 15 is 0 Å². The van der Waals surface area contributed by atoms with E-state index in [9.17, 15) is 14.4 Å². The van der Waals surface area contributed by atoms with Crippen molar-refractivity contribution in [2.75, 3.05) is 4.90 Å². The zero-order valence-corrected chi connectivity index (χ0v) is 14.3. The largest absolute Gasteiger partial charge is 0.289 e. The van der Waals surface area contributed by atoms with Crippen LogP contribution in [0, 0.1) is 0 Å². The summed E-state index contributed by atoms with van der Waals surface area (Å²) in [5.74, 6) is -1.30. The Morgan fingerprint density at radius 3 is 1.67 bits per heavy atom. The number of allylic oxidation sites excluding steroid dienone is 1. The van der Waals surface area contributed by atoms with E-state index in [2.05, 4.69) is 0 Å². The first-order chi connectivity index (χ1) is 13.2. The summed E-state index contributed by atoms with van der Waals surface area (Å²) in [6.07, 6.45) is 1.14. The van der Waals surface area contributed by atoms with Crippen LogP contribution in [0.2, 0.25) is 0 Å². The van der Waals surface area contributed by atoms with Crippen LogP contribution in [-0.2, 0) is 4.79 Å². The Kier molecular flexibility index (Phi) is 4.22. The molecule has 1 amide bonds. The Morgan fingerprint density at radius 2 is 1.11 bits per heavy atom. The summed E-state index contributed by atoms with van der Waals surface area (Å²) in [5.41, 5.74) is 1.69. The zero-order chi connectivity index (χ0) is 18.8. The number of carbonyl (C=O) groups excluding carboxylic acids is 3. The smallest absolute Gasteiger partial charge is 0.266 e. The third-order valence-corrected chi connectivity index (χ3v) is 4.42. The van der Waals surface area contributed by atoms with Crippen LogP contribution in [0.5, 0.6) is 0 Å². The van der Waals surface area contributed by atoms with Gasteiger partial charge in [-0.15, -0.1) is 0 Å². The van der Waals surface area contributed by atoms with E-state index in [4.69, 9.17) is 0 Å². The lowest BCUT2D eigenvalue weighted by Gasteiger charge is -2.25. The molecule has 0 heterocycles. The Morgan fingerprint density at radius 1 is 0.630 bits per heavy atom. The minimum atomic E-state index is -0.528. The van der Waals surface area contributed by atoms with E-state index in [1.54, 1.807) is 48.5 Å². The van der Waals surface area contributed by atoms with Crippen LogP contribution in [0.15, 0.2) is 96.6 Å². The summed E-state index contributed by atoms with van der Waals surface area (Å²) in [5, 5.41) is 0. The highest BCUT2D eigenvalue weighted by atomic mass is 16.2. The average Bonchev–Trinajstić information content (AvgIpc) is 2.72. The van der Waals surface area contributed by atoms with Crippen LogP contribution in [0.3, 0.4) is 0 Å². The molecule has 1 aliphatic carbocycles. The summed E-state index contributed by atoms with van der Waals surface area (Å²) >= 11 is 0. The molecule has 130 valence electrons. The maximum atomic E-state index is 13.3. The molecule has 0 spiro atoms. The van der Waals surface area contributed by atoms with Crippen molar-refractivity contribution >= 4 is 28.8 Å². The number of fused-ring (bicyclic) bond motifs is 1. The molecular weight excluding hydrogens is 338 g/mol. The number of amides is 1. The van der Waals surface area contributed by atoms with Crippen molar-refractivity contribution in [3.63, 3.8) is 0 Å².